The summed E-state index contributed by atoms with van der Waals surface area (Å²) in [5.41, 5.74) is 0. The highest BCUT2D eigenvalue weighted by Gasteiger charge is 2.40. The van der Waals surface area contributed by atoms with Gasteiger partial charge >= 0.3 is 0 Å². The van der Waals surface area contributed by atoms with Crippen molar-refractivity contribution >= 4 is 5.78 Å². The SMILES string of the molecule is O=C1/C=C\CCCCCCCCC[C@@H]2C[C@@H]12. The number of allylic oxidation sites excluding steroid dienone is 2. The summed E-state index contributed by atoms with van der Waals surface area (Å²) in [6, 6.07) is 0. The van der Waals surface area contributed by atoms with Gasteiger partial charge in [0.25, 0.3) is 0 Å². The second-order valence-electron chi connectivity index (χ2n) is 5.46. The van der Waals surface area contributed by atoms with Crippen molar-refractivity contribution < 1.29 is 4.79 Å². The van der Waals surface area contributed by atoms with Crippen molar-refractivity contribution in [3.63, 3.8) is 0 Å². The first-order chi connectivity index (χ1) is 7.88. The summed E-state index contributed by atoms with van der Waals surface area (Å²) in [6.45, 7) is 0. The van der Waals surface area contributed by atoms with Crippen LogP contribution in [0, 0.1) is 11.8 Å². The largest absolute Gasteiger partial charge is 0.295 e. The van der Waals surface area contributed by atoms with Gasteiger partial charge in [-0.3, -0.25) is 4.79 Å². The van der Waals surface area contributed by atoms with Crippen LogP contribution in [0.4, 0.5) is 0 Å². The molecule has 1 heteroatoms. The van der Waals surface area contributed by atoms with E-state index in [9.17, 15) is 4.79 Å². The van der Waals surface area contributed by atoms with Gasteiger partial charge in [0.1, 0.15) is 0 Å². The molecule has 0 unspecified atom stereocenters. The zero-order chi connectivity index (χ0) is 11.2. The number of rotatable bonds is 0. The van der Waals surface area contributed by atoms with Crippen LogP contribution >= 0.6 is 0 Å². The average Bonchev–Trinajstić information content (AvgIpc) is 3.04. The van der Waals surface area contributed by atoms with Crippen LogP contribution in [0.5, 0.6) is 0 Å². The molecule has 1 fully saturated rings. The van der Waals surface area contributed by atoms with Crippen LogP contribution in [0.2, 0.25) is 0 Å². The van der Waals surface area contributed by atoms with Gasteiger partial charge in [-0.2, -0.15) is 0 Å². The lowest BCUT2D eigenvalue weighted by atomic mass is 10.0. The summed E-state index contributed by atoms with van der Waals surface area (Å²) in [4.78, 5) is 11.7. The highest BCUT2D eigenvalue weighted by Crippen LogP contribution is 2.43. The second kappa shape index (κ2) is 6.22. The molecule has 0 aromatic heterocycles. The molecule has 0 heterocycles. The van der Waals surface area contributed by atoms with Gasteiger partial charge in [0.2, 0.25) is 0 Å². The zero-order valence-electron chi connectivity index (χ0n) is 10.3. The molecule has 0 aromatic carbocycles. The van der Waals surface area contributed by atoms with Crippen LogP contribution in [-0.4, -0.2) is 5.78 Å². The van der Waals surface area contributed by atoms with Gasteiger partial charge in [-0.1, -0.05) is 44.6 Å². The molecule has 0 spiro atoms. The number of carbonyl (C=O) groups is 1. The molecule has 0 bridgehead atoms. The van der Waals surface area contributed by atoms with Crippen molar-refractivity contribution in [1.29, 1.82) is 0 Å². The van der Waals surface area contributed by atoms with Gasteiger partial charge < -0.3 is 0 Å². The fourth-order valence-electron chi connectivity index (χ4n) is 2.79. The van der Waals surface area contributed by atoms with Crippen LogP contribution in [-0.2, 0) is 4.79 Å². The molecule has 0 radical (unpaired) electrons. The van der Waals surface area contributed by atoms with Gasteiger partial charge in [-0.15, -0.1) is 0 Å². The van der Waals surface area contributed by atoms with Crippen LogP contribution in [0.15, 0.2) is 12.2 Å². The van der Waals surface area contributed by atoms with Gasteiger partial charge in [0, 0.05) is 5.92 Å². The molecule has 1 saturated carbocycles. The molecule has 90 valence electrons. The summed E-state index contributed by atoms with van der Waals surface area (Å²) in [5, 5.41) is 0. The first-order valence-corrected chi connectivity index (χ1v) is 7.08. The smallest absolute Gasteiger partial charge is 0.158 e. The lowest BCUT2D eigenvalue weighted by Gasteiger charge is -2.02. The number of hydrogen-bond donors (Lipinski definition) is 0. The summed E-state index contributed by atoms with van der Waals surface area (Å²) in [5.74, 6) is 1.54. The van der Waals surface area contributed by atoms with Crippen molar-refractivity contribution in [1.82, 2.24) is 0 Å². The summed E-state index contributed by atoms with van der Waals surface area (Å²) in [7, 11) is 0. The zero-order valence-corrected chi connectivity index (χ0v) is 10.3. The first-order valence-electron chi connectivity index (χ1n) is 7.08. The molecule has 0 N–H and O–H groups in total. The van der Waals surface area contributed by atoms with E-state index in [1.807, 2.05) is 6.08 Å². The monoisotopic (exact) mass is 220 g/mol. The quantitative estimate of drug-likeness (QED) is 0.595. The van der Waals surface area contributed by atoms with E-state index in [-0.39, 0.29) is 0 Å². The third kappa shape index (κ3) is 3.77. The Balaban J connectivity index is 1.78. The van der Waals surface area contributed by atoms with Gasteiger partial charge in [0.05, 0.1) is 0 Å². The standard InChI is InChI=1S/C15H24O/c16-15-11-9-7-5-3-1-2-4-6-8-10-13-12-14(13)15/h9,11,13-14H,1-8,10,12H2/b11-9-/t13-,14-/m1/s1. The molecule has 16 heavy (non-hydrogen) atoms. The molecule has 0 aromatic rings. The highest BCUT2D eigenvalue weighted by molar-refractivity contribution is 5.93. The lowest BCUT2D eigenvalue weighted by molar-refractivity contribution is -0.116. The Morgan fingerprint density at radius 1 is 0.938 bits per heavy atom. The summed E-state index contributed by atoms with van der Waals surface area (Å²) in [6.07, 6.45) is 17.1. The van der Waals surface area contributed by atoms with Crippen molar-refractivity contribution in [2.45, 2.75) is 64.2 Å². The number of carbonyl (C=O) groups excluding carboxylic acids is 1. The predicted molar refractivity (Wildman–Crippen MR) is 67.3 cm³/mol. The molecule has 2 rings (SSSR count). The molecule has 0 amide bonds. The van der Waals surface area contributed by atoms with Crippen LogP contribution < -0.4 is 0 Å². The molecule has 1 nitrogen and oxygen atoms in total. The number of fused-ring (bicyclic) bond motifs is 1. The maximum absolute atomic E-state index is 11.7. The topological polar surface area (TPSA) is 17.1 Å². The van der Waals surface area contributed by atoms with E-state index in [1.165, 1.54) is 57.8 Å². The predicted octanol–water partition coefficient (Wildman–Crippen LogP) is 4.27. The second-order valence-corrected chi connectivity index (χ2v) is 5.46. The minimum atomic E-state index is 0.402. The van der Waals surface area contributed by atoms with Crippen molar-refractivity contribution in [3.8, 4) is 0 Å². The summed E-state index contributed by atoms with van der Waals surface area (Å²) >= 11 is 0. The molecule has 2 aliphatic carbocycles. The Hall–Kier alpha value is -0.590. The molecule has 0 aliphatic heterocycles. The van der Waals surface area contributed by atoms with Crippen molar-refractivity contribution in [2.24, 2.45) is 11.8 Å². The fraction of sp³-hybridized carbons (Fsp3) is 0.800. The molecule has 2 atom stereocenters. The third-order valence-corrected chi connectivity index (χ3v) is 4.02. The minimum Gasteiger partial charge on any atom is -0.295 e. The van der Waals surface area contributed by atoms with Gasteiger partial charge in [0.15, 0.2) is 5.78 Å². The molecule has 2 aliphatic rings. The number of ketones is 1. The minimum absolute atomic E-state index is 0.402. The van der Waals surface area contributed by atoms with Crippen molar-refractivity contribution in [3.05, 3.63) is 12.2 Å². The lowest BCUT2D eigenvalue weighted by Crippen LogP contribution is -1.98. The molecular weight excluding hydrogens is 196 g/mol. The van der Waals surface area contributed by atoms with Crippen LogP contribution in [0.3, 0.4) is 0 Å². The number of hydrogen-bond acceptors (Lipinski definition) is 1. The van der Waals surface area contributed by atoms with E-state index >= 15 is 0 Å². The van der Waals surface area contributed by atoms with E-state index in [1.54, 1.807) is 0 Å². The van der Waals surface area contributed by atoms with Crippen LogP contribution in [0.25, 0.3) is 0 Å². The molecular formula is C15H24O. The maximum Gasteiger partial charge on any atom is 0.158 e. The molecule has 0 saturated heterocycles. The van der Waals surface area contributed by atoms with E-state index in [2.05, 4.69) is 6.08 Å². The van der Waals surface area contributed by atoms with E-state index < -0.39 is 0 Å². The Kier molecular flexibility index (Phi) is 4.62. The average molecular weight is 220 g/mol. The maximum atomic E-state index is 11.7. The fourth-order valence-corrected chi connectivity index (χ4v) is 2.79. The summed E-state index contributed by atoms with van der Waals surface area (Å²) < 4.78 is 0. The first kappa shape index (κ1) is 11.9. The van der Waals surface area contributed by atoms with E-state index in [0.29, 0.717) is 11.7 Å². The van der Waals surface area contributed by atoms with Gasteiger partial charge in [-0.05, 0) is 37.7 Å². The van der Waals surface area contributed by atoms with Crippen LogP contribution in [0.1, 0.15) is 64.2 Å². The normalized spacial score (nSPS) is 34.9. The Morgan fingerprint density at radius 2 is 1.62 bits per heavy atom. The Morgan fingerprint density at radius 3 is 2.44 bits per heavy atom. The Labute approximate surface area is 99.3 Å². The highest BCUT2D eigenvalue weighted by atomic mass is 16.1. The van der Waals surface area contributed by atoms with Crippen molar-refractivity contribution in [2.75, 3.05) is 0 Å². The van der Waals surface area contributed by atoms with E-state index in [0.717, 1.165) is 12.3 Å². The van der Waals surface area contributed by atoms with Gasteiger partial charge in [-0.25, -0.2) is 0 Å². The third-order valence-electron chi connectivity index (χ3n) is 4.02. The van der Waals surface area contributed by atoms with E-state index in [4.69, 9.17) is 0 Å². The Bertz CT molecular complexity index is 254.